The number of hydrogen-bond donors (Lipinski definition) is 3. The number of hydrogen-bond acceptors (Lipinski definition) is 3. The first-order chi connectivity index (χ1) is 7.91. The van der Waals surface area contributed by atoms with Gasteiger partial charge in [0.2, 0.25) is 0 Å². The molecule has 0 aromatic heterocycles. The van der Waals surface area contributed by atoms with Crippen LogP contribution in [0.3, 0.4) is 0 Å². The minimum atomic E-state index is -0.932. The van der Waals surface area contributed by atoms with Crippen LogP contribution >= 0.6 is 0 Å². The first kappa shape index (κ1) is 14.0. The van der Waals surface area contributed by atoms with Crippen molar-refractivity contribution in [3.8, 4) is 0 Å². The van der Waals surface area contributed by atoms with Crippen LogP contribution in [0.4, 0.5) is 8.78 Å². The van der Waals surface area contributed by atoms with Gasteiger partial charge in [0.1, 0.15) is 11.6 Å². The largest absolute Gasteiger partial charge is 0.394 e. The van der Waals surface area contributed by atoms with Gasteiger partial charge in [-0.1, -0.05) is 0 Å². The Labute approximate surface area is 99.1 Å². The van der Waals surface area contributed by atoms with Gasteiger partial charge in [0.15, 0.2) is 0 Å². The highest BCUT2D eigenvalue weighted by atomic mass is 19.1. The first-order valence-corrected chi connectivity index (χ1v) is 5.36. The molecule has 0 spiro atoms. The molecule has 17 heavy (non-hydrogen) atoms. The molecule has 5 heteroatoms. The van der Waals surface area contributed by atoms with Gasteiger partial charge in [-0.15, -0.1) is 0 Å². The number of aliphatic hydroxyl groups excluding tert-OH is 2. The zero-order chi connectivity index (χ0) is 13.1. The van der Waals surface area contributed by atoms with Gasteiger partial charge in [0.05, 0.1) is 18.8 Å². The molecule has 1 aromatic carbocycles. The molecular formula is C12H17F2NO2. The lowest BCUT2D eigenvalue weighted by atomic mass is 10.0. The average Bonchev–Trinajstić information content (AvgIpc) is 2.32. The summed E-state index contributed by atoms with van der Waals surface area (Å²) in [5.41, 5.74) is -0.767. The summed E-state index contributed by atoms with van der Waals surface area (Å²) >= 11 is 0. The molecule has 96 valence electrons. The van der Waals surface area contributed by atoms with Crippen molar-refractivity contribution >= 4 is 0 Å². The van der Waals surface area contributed by atoms with E-state index in [1.807, 2.05) is 0 Å². The lowest BCUT2D eigenvalue weighted by Gasteiger charge is -2.30. The molecule has 0 heterocycles. The van der Waals surface area contributed by atoms with E-state index in [1.54, 1.807) is 13.8 Å². The third-order valence-electron chi connectivity index (χ3n) is 2.69. The number of aliphatic hydroxyl groups is 2. The van der Waals surface area contributed by atoms with Gasteiger partial charge >= 0.3 is 0 Å². The molecule has 0 saturated heterocycles. The van der Waals surface area contributed by atoms with Gasteiger partial charge in [0, 0.05) is 11.6 Å². The lowest BCUT2D eigenvalue weighted by Crippen LogP contribution is -2.50. The summed E-state index contributed by atoms with van der Waals surface area (Å²) < 4.78 is 26.5. The van der Waals surface area contributed by atoms with Crippen molar-refractivity contribution in [1.29, 1.82) is 0 Å². The second-order valence-corrected chi connectivity index (χ2v) is 4.41. The van der Waals surface area contributed by atoms with Crippen molar-refractivity contribution in [2.24, 2.45) is 0 Å². The molecule has 0 aliphatic heterocycles. The molecular weight excluding hydrogens is 228 g/mol. The van der Waals surface area contributed by atoms with Crippen molar-refractivity contribution in [3.63, 3.8) is 0 Å². The maximum absolute atomic E-state index is 13.5. The van der Waals surface area contributed by atoms with E-state index >= 15 is 0 Å². The molecule has 0 bridgehead atoms. The summed E-state index contributed by atoms with van der Waals surface area (Å²) in [5, 5.41) is 21.1. The van der Waals surface area contributed by atoms with Crippen molar-refractivity contribution in [2.45, 2.75) is 25.4 Å². The highest BCUT2D eigenvalue weighted by Crippen LogP contribution is 2.20. The van der Waals surface area contributed by atoms with E-state index in [2.05, 4.69) is 5.32 Å². The maximum Gasteiger partial charge on any atom is 0.128 e. The van der Waals surface area contributed by atoms with Crippen LogP contribution in [0.2, 0.25) is 0 Å². The third-order valence-corrected chi connectivity index (χ3v) is 2.69. The smallest absolute Gasteiger partial charge is 0.128 e. The molecule has 0 fully saturated rings. The molecule has 1 rings (SSSR count). The number of rotatable bonds is 5. The van der Waals surface area contributed by atoms with Gasteiger partial charge in [-0.2, -0.15) is 0 Å². The maximum atomic E-state index is 13.5. The summed E-state index contributed by atoms with van der Waals surface area (Å²) in [6, 6.07) is 2.68. The van der Waals surface area contributed by atoms with Crippen LogP contribution < -0.4 is 5.32 Å². The van der Waals surface area contributed by atoms with Crippen molar-refractivity contribution < 1.29 is 19.0 Å². The fourth-order valence-corrected chi connectivity index (χ4v) is 1.59. The van der Waals surface area contributed by atoms with E-state index < -0.39 is 23.2 Å². The Kier molecular flexibility index (Phi) is 4.56. The van der Waals surface area contributed by atoms with Crippen LogP contribution in [0.5, 0.6) is 0 Å². The van der Waals surface area contributed by atoms with Crippen LogP contribution in [-0.2, 0) is 0 Å². The third kappa shape index (κ3) is 3.46. The van der Waals surface area contributed by atoms with Crippen LogP contribution in [0.1, 0.15) is 25.5 Å². The van der Waals surface area contributed by atoms with Crippen molar-refractivity contribution in [3.05, 3.63) is 35.4 Å². The van der Waals surface area contributed by atoms with Gasteiger partial charge in [-0.25, -0.2) is 8.78 Å². The van der Waals surface area contributed by atoms with Gasteiger partial charge in [-0.3, -0.25) is 0 Å². The highest BCUT2D eigenvalue weighted by molar-refractivity contribution is 5.22. The predicted octanol–water partition coefficient (Wildman–Crippen LogP) is 1.36. The van der Waals surface area contributed by atoms with Crippen molar-refractivity contribution in [1.82, 2.24) is 5.32 Å². The zero-order valence-electron chi connectivity index (χ0n) is 9.87. The number of halogens is 2. The monoisotopic (exact) mass is 245 g/mol. The van der Waals surface area contributed by atoms with Gasteiger partial charge < -0.3 is 15.5 Å². The first-order valence-electron chi connectivity index (χ1n) is 5.36. The molecule has 0 amide bonds. The summed E-state index contributed by atoms with van der Waals surface area (Å²) in [6.07, 6.45) is 0. The fraction of sp³-hybridized carbons (Fsp3) is 0.500. The van der Waals surface area contributed by atoms with Crippen LogP contribution in [0, 0.1) is 11.6 Å². The predicted molar refractivity (Wildman–Crippen MR) is 60.5 cm³/mol. The van der Waals surface area contributed by atoms with Crippen LogP contribution in [-0.4, -0.2) is 29.0 Å². The topological polar surface area (TPSA) is 52.5 Å². The Hall–Kier alpha value is -1.04. The summed E-state index contributed by atoms with van der Waals surface area (Å²) in [5.74, 6) is -1.05. The molecule has 0 aliphatic carbocycles. The van der Waals surface area contributed by atoms with E-state index in [4.69, 9.17) is 10.2 Å². The van der Waals surface area contributed by atoms with Crippen LogP contribution in [0.15, 0.2) is 18.2 Å². The zero-order valence-corrected chi connectivity index (χ0v) is 9.87. The highest BCUT2D eigenvalue weighted by Gasteiger charge is 2.25. The number of nitrogens with one attached hydrogen (secondary N) is 1. The second-order valence-electron chi connectivity index (χ2n) is 4.41. The number of benzene rings is 1. The van der Waals surface area contributed by atoms with Crippen molar-refractivity contribution in [2.75, 3.05) is 13.2 Å². The summed E-state index contributed by atoms with van der Waals surface area (Å²) in [7, 11) is 0. The lowest BCUT2D eigenvalue weighted by molar-refractivity contribution is 0.0953. The molecule has 0 radical (unpaired) electrons. The van der Waals surface area contributed by atoms with Gasteiger partial charge in [0.25, 0.3) is 0 Å². The molecule has 3 nitrogen and oxygen atoms in total. The normalized spacial score (nSPS) is 13.8. The van der Waals surface area contributed by atoms with E-state index in [0.29, 0.717) is 0 Å². The fourth-order valence-electron chi connectivity index (χ4n) is 1.59. The molecule has 1 aromatic rings. The molecule has 0 saturated carbocycles. The Morgan fingerprint density at radius 2 is 1.88 bits per heavy atom. The average molecular weight is 245 g/mol. The Morgan fingerprint density at radius 3 is 2.41 bits per heavy atom. The minimum absolute atomic E-state index is 0.165. The van der Waals surface area contributed by atoms with E-state index in [0.717, 1.165) is 18.2 Å². The Balaban J connectivity index is 2.89. The standard InChI is InChI=1S/C12H17F2NO2/c1-8(15-12(2,6-16)7-17)10-5-9(13)3-4-11(10)14/h3-5,8,15-17H,6-7H2,1-2H3. The molecule has 1 unspecified atom stereocenters. The summed E-state index contributed by atoms with van der Waals surface area (Å²) in [4.78, 5) is 0. The minimum Gasteiger partial charge on any atom is -0.394 e. The molecule has 1 atom stereocenters. The van der Waals surface area contributed by atoms with E-state index in [9.17, 15) is 8.78 Å². The Bertz CT molecular complexity index is 381. The molecule has 3 N–H and O–H groups in total. The van der Waals surface area contributed by atoms with Gasteiger partial charge in [-0.05, 0) is 32.0 Å². The second kappa shape index (κ2) is 5.53. The quantitative estimate of drug-likeness (QED) is 0.734. The van der Waals surface area contributed by atoms with E-state index in [1.165, 1.54) is 0 Å². The summed E-state index contributed by atoms with van der Waals surface area (Å²) in [6.45, 7) is 2.64. The SMILES string of the molecule is CC(NC(C)(CO)CO)c1cc(F)ccc1F. The Morgan fingerprint density at radius 1 is 1.29 bits per heavy atom. The molecule has 0 aliphatic rings. The van der Waals surface area contributed by atoms with E-state index in [-0.39, 0.29) is 18.8 Å². The van der Waals surface area contributed by atoms with Crippen LogP contribution in [0.25, 0.3) is 0 Å².